The lowest BCUT2D eigenvalue weighted by Gasteiger charge is -2.10. The molecule has 0 fully saturated rings. The molecule has 0 unspecified atom stereocenters. The minimum absolute atomic E-state index is 0.0842. The normalized spacial score (nSPS) is 11.4. The summed E-state index contributed by atoms with van der Waals surface area (Å²) in [5.41, 5.74) is 2.39. The second-order valence-electron chi connectivity index (χ2n) is 6.29. The number of hydrogen-bond acceptors (Lipinski definition) is 7. The van der Waals surface area contributed by atoms with Crippen LogP contribution in [0.25, 0.3) is 0 Å². The number of halogens is 3. The van der Waals surface area contributed by atoms with Gasteiger partial charge in [0.1, 0.15) is 4.90 Å². The smallest absolute Gasteiger partial charge is 0.339 e. The fourth-order valence-corrected chi connectivity index (χ4v) is 4.32. The van der Waals surface area contributed by atoms with Gasteiger partial charge in [0.05, 0.1) is 21.7 Å². The van der Waals surface area contributed by atoms with Crippen LogP contribution in [-0.4, -0.2) is 25.5 Å². The Morgan fingerprint density at radius 2 is 1.79 bits per heavy atom. The van der Waals surface area contributed by atoms with Gasteiger partial charge >= 0.3 is 10.1 Å². The Labute approximate surface area is 206 Å². The van der Waals surface area contributed by atoms with Crippen molar-refractivity contribution >= 4 is 67.1 Å². The molecular weight excluding hydrogens is 561 g/mol. The summed E-state index contributed by atoms with van der Waals surface area (Å²) in [6.45, 7) is 0. The lowest BCUT2D eigenvalue weighted by atomic mass is 10.2. The number of carbonyl (C=O) groups is 1. The van der Waals surface area contributed by atoms with E-state index in [0.717, 1.165) is 24.3 Å². The predicted molar refractivity (Wildman–Crippen MR) is 127 cm³/mol. The van der Waals surface area contributed by atoms with E-state index >= 15 is 0 Å². The summed E-state index contributed by atoms with van der Waals surface area (Å²) < 4.78 is 31.0. The van der Waals surface area contributed by atoms with Crippen LogP contribution in [0.15, 0.2) is 75.1 Å². The third-order valence-electron chi connectivity index (χ3n) is 4.05. The van der Waals surface area contributed by atoms with Gasteiger partial charge < -0.3 is 4.18 Å². The first-order chi connectivity index (χ1) is 15.6. The van der Waals surface area contributed by atoms with Crippen LogP contribution >= 0.6 is 39.1 Å². The van der Waals surface area contributed by atoms with Crippen LogP contribution in [0.4, 0.5) is 5.69 Å². The van der Waals surface area contributed by atoms with E-state index in [9.17, 15) is 23.3 Å². The zero-order valence-corrected chi connectivity index (χ0v) is 20.2. The van der Waals surface area contributed by atoms with Crippen molar-refractivity contribution in [3.05, 3.63) is 96.4 Å². The summed E-state index contributed by atoms with van der Waals surface area (Å²) in [5.74, 6) is -0.692. The molecule has 33 heavy (non-hydrogen) atoms. The van der Waals surface area contributed by atoms with Gasteiger partial charge in [-0.2, -0.15) is 13.5 Å². The van der Waals surface area contributed by atoms with Gasteiger partial charge in [-0.05, 0) is 48.5 Å². The van der Waals surface area contributed by atoms with E-state index in [4.69, 9.17) is 27.4 Å². The first kappa shape index (κ1) is 24.6. The number of nitro benzene ring substituents is 1. The number of nitrogens with zero attached hydrogens (tertiary/aromatic N) is 2. The third kappa shape index (κ3) is 6.29. The molecule has 0 radical (unpaired) electrons. The van der Waals surface area contributed by atoms with Gasteiger partial charge in [0.2, 0.25) is 0 Å². The maximum atomic E-state index is 12.6. The number of non-ortho nitro benzene ring substituents is 1. The minimum atomic E-state index is -4.30. The summed E-state index contributed by atoms with van der Waals surface area (Å²) in [7, 11) is -4.30. The van der Waals surface area contributed by atoms with Crippen LogP contribution in [0.1, 0.15) is 15.9 Å². The van der Waals surface area contributed by atoms with Crippen LogP contribution < -0.4 is 9.61 Å². The van der Waals surface area contributed by atoms with Crippen molar-refractivity contribution in [3.63, 3.8) is 0 Å². The molecule has 1 amide bonds. The number of amides is 1. The van der Waals surface area contributed by atoms with Crippen molar-refractivity contribution < 1.29 is 22.3 Å². The molecule has 0 aromatic heterocycles. The van der Waals surface area contributed by atoms with E-state index in [1.807, 2.05) is 0 Å². The molecule has 13 heteroatoms. The Morgan fingerprint density at radius 3 is 2.42 bits per heavy atom. The third-order valence-corrected chi connectivity index (χ3v) is 6.34. The van der Waals surface area contributed by atoms with Gasteiger partial charge in [-0.15, -0.1) is 0 Å². The van der Waals surface area contributed by atoms with Crippen molar-refractivity contribution in [2.45, 2.75) is 4.90 Å². The van der Waals surface area contributed by atoms with Crippen LogP contribution in [0, 0.1) is 10.1 Å². The topological polar surface area (TPSA) is 128 Å². The Hall–Kier alpha value is -2.99. The second-order valence-corrected chi connectivity index (χ2v) is 9.60. The molecule has 0 saturated carbocycles. The number of carbonyl (C=O) groups excluding carboxylic acids is 1. The molecule has 170 valence electrons. The van der Waals surface area contributed by atoms with E-state index in [-0.39, 0.29) is 32.5 Å². The summed E-state index contributed by atoms with van der Waals surface area (Å²) in [4.78, 5) is 22.1. The second kappa shape index (κ2) is 10.3. The molecule has 9 nitrogen and oxygen atoms in total. The van der Waals surface area contributed by atoms with Crippen LogP contribution in [0.3, 0.4) is 0 Å². The van der Waals surface area contributed by atoms with Gasteiger partial charge in [0.25, 0.3) is 11.6 Å². The van der Waals surface area contributed by atoms with E-state index in [1.54, 1.807) is 6.07 Å². The predicted octanol–water partition coefficient (Wildman–Crippen LogP) is 5.20. The highest BCUT2D eigenvalue weighted by molar-refractivity contribution is 9.10. The van der Waals surface area contributed by atoms with E-state index in [0.29, 0.717) is 9.50 Å². The van der Waals surface area contributed by atoms with Gasteiger partial charge in [0.15, 0.2) is 5.75 Å². The van der Waals surface area contributed by atoms with Gasteiger partial charge in [-0.1, -0.05) is 39.1 Å². The quantitative estimate of drug-likeness (QED) is 0.179. The van der Waals surface area contributed by atoms with E-state index < -0.39 is 20.9 Å². The summed E-state index contributed by atoms with van der Waals surface area (Å²) >= 11 is 15.1. The van der Waals surface area contributed by atoms with Crippen molar-refractivity contribution in [2.24, 2.45) is 5.10 Å². The maximum Gasteiger partial charge on any atom is 0.339 e. The molecule has 0 atom stereocenters. The highest BCUT2D eigenvalue weighted by Crippen LogP contribution is 2.26. The highest BCUT2D eigenvalue weighted by Gasteiger charge is 2.20. The van der Waals surface area contributed by atoms with E-state index in [1.165, 1.54) is 36.5 Å². The monoisotopic (exact) mass is 571 g/mol. The summed E-state index contributed by atoms with van der Waals surface area (Å²) in [6, 6.07) is 13.0. The first-order valence-corrected chi connectivity index (χ1v) is 11.8. The number of nitrogens with one attached hydrogen (secondary N) is 1. The molecule has 0 saturated heterocycles. The Bertz CT molecular complexity index is 1360. The SMILES string of the molecule is O=C(NN=Cc1cc(Br)ccc1OS(=O)(=O)c1ccc([N+](=O)[O-])cc1)c1ccc(Cl)cc1Cl. The maximum absolute atomic E-state index is 12.6. The van der Waals surface area contributed by atoms with Crippen molar-refractivity contribution in [1.29, 1.82) is 0 Å². The van der Waals surface area contributed by atoms with Gasteiger partial charge in [-0.25, -0.2) is 5.43 Å². The molecule has 0 aliphatic carbocycles. The van der Waals surface area contributed by atoms with Crippen molar-refractivity contribution in [3.8, 4) is 5.75 Å². The Kier molecular flexibility index (Phi) is 7.69. The van der Waals surface area contributed by atoms with Gasteiger partial charge in [0, 0.05) is 27.2 Å². The molecule has 0 bridgehead atoms. The number of nitro groups is 1. The zero-order valence-electron chi connectivity index (χ0n) is 16.2. The standard InChI is InChI=1S/C20H12BrCl2N3O6S/c21-13-1-8-19(32-33(30,31)16-5-3-15(4-6-16)26(28)29)12(9-13)11-24-25-20(27)17-7-2-14(22)10-18(17)23/h1-11H,(H,25,27). The van der Waals surface area contributed by atoms with E-state index in [2.05, 4.69) is 26.5 Å². The fraction of sp³-hybridized carbons (Fsp3) is 0. The molecule has 0 heterocycles. The zero-order chi connectivity index (χ0) is 24.2. The Balaban J connectivity index is 1.81. The lowest BCUT2D eigenvalue weighted by Crippen LogP contribution is -2.18. The lowest BCUT2D eigenvalue weighted by molar-refractivity contribution is -0.384. The first-order valence-electron chi connectivity index (χ1n) is 8.84. The molecule has 3 rings (SSSR count). The molecular formula is C20H12BrCl2N3O6S. The summed E-state index contributed by atoms with van der Waals surface area (Å²) in [5, 5.41) is 15.1. The average molecular weight is 573 g/mol. The molecule has 0 aliphatic rings. The number of benzene rings is 3. The average Bonchev–Trinajstić information content (AvgIpc) is 2.75. The minimum Gasteiger partial charge on any atom is -0.378 e. The largest absolute Gasteiger partial charge is 0.378 e. The Morgan fingerprint density at radius 1 is 1.09 bits per heavy atom. The van der Waals surface area contributed by atoms with Crippen LogP contribution in [-0.2, 0) is 10.1 Å². The molecule has 1 N–H and O–H groups in total. The molecule has 3 aromatic rings. The van der Waals surface area contributed by atoms with Crippen molar-refractivity contribution in [2.75, 3.05) is 0 Å². The van der Waals surface area contributed by atoms with Gasteiger partial charge in [-0.3, -0.25) is 14.9 Å². The number of hydrazone groups is 1. The molecule has 0 spiro atoms. The highest BCUT2D eigenvalue weighted by atomic mass is 79.9. The van der Waals surface area contributed by atoms with Crippen LogP contribution in [0.5, 0.6) is 5.75 Å². The van der Waals surface area contributed by atoms with Crippen molar-refractivity contribution in [1.82, 2.24) is 5.43 Å². The van der Waals surface area contributed by atoms with Crippen LogP contribution in [0.2, 0.25) is 10.0 Å². The molecule has 0 aliphatic heterocycles. The fourth-order valence-electron chi connectivity index (χ4n) is 2.49. The molecule has 3 aromatic carbocycles. The number of hydrogen-bond donors (Lipinski definition) is 1. The summed E-state index contributed by atoms with van der Waals surface area (Å²) in [6.07, 6.45) is 1.19. The number of rotatable bonds is 7.